The van der Waals surface area contributed by atoms with Gasteiger partial charge in [0.1, 0.15) is 24.0 Å². The minimum Gasteiger partial charge on any atom is -0.337 e. The summed E-state index contributed by atoms with van der Waals surface area (Å²) in [5.41, 5.74) is 1.92. The number of carbonyl (C=O) groups excluding carboxylic acids is 2. The number of rotatable bonds is 6. The summed E-state index contributed by atoms with van der Waals surface area (Å²) in [7, 11) is 0. The maximum Gasteiger partial charge on any atom is 0.266 e. The monoisotopic (exact) mass is 506 g/mol. The molecule has 0 unspecified atom stereocenters. The van der Waals surface area contributed by atoms with Crippen LogP contribution in [0.25, 0.3) is 17.0 Å². The molecule has 2 amide bonds. The maximum atomic E-state index is 13.1. The molecule has 0 aliphatic heterocycles. The van der Waals surface area contributed by atoms with Gasteiger partial charge >= 0.3 is 0 Å². The number of nitriles is 1. The fourth-order valence-electron chi connectivity index (χ4n) is 3.50. The van der Waals surface area contributed by atoms with Crippen molar-refractivity contribution < 1.29 is 14.0 Å². The summed E-state index contributed by atoms with van der Waals surface area (Å²) in [4.78, 5) is 25.3. The normalized spacial score (nSPS) is 11.2. The Labute approximate surface area is 210 Å². The first-order valence-electron chi connectivity index (χ1n) is 10.4. The summed E-state index contributed by atoms with van der Waals surface area (Å²) in [5.74, 6) is -1.37. The van der Waals surface area contributed by atoms with Gasteiger partial charge in [0.25, 0.3) is 5.91 Å². The molecule has 1 aromatic heterocycles. The van der Waals surface area contributed by atoms with E-state index in [4.69, 9.17) is 23.2 Å². The Balaban J connectivity index is 1.60. The second-order valence-corrected chi connectivity index (χ2v) is 8.30. The molecule has 0 aliphatic carbocycles. The lowest BCUT2D eigenvalue weighted by Gasteiger charge is -2.07. The van der Waals surface area contributed by atoms with Gasteiger partial charge in [-0.15, -0.1) is 0 Å². The highest BCUT2D eigenvalue weighted by Crippen LogP contribution is 2.30. The Morgan fingerprint density at radius 1 is 1.00 bits per heavy atom. The maximum absolute atomic E-state index is 13.1. The molecule has 35 heavy (non-hydrogen) atoms. The number of aromatic nitrogens is 1. The SMILES string of the molecule is N#CC(=Cc1cn(CC(=O)Nc2ccc(F)cc2)c2ccccc12)C(=O)Nc1cccc(Cl)c1Cl. The van der Waals surface area contributed by atoms with Gasteiger partial charge in [-0.25, -0.2) is 4.39 Å². The van der Waals surface area contributed by atoms with Crippen molar-refractivity contribution >= 4 is 63.4 Å². The summed E-state index contributed by atoms with van der Waals surface area (Å²) in [5, 5.41) is 16.1. The summed E-state index contributed by atoms with van der Waals surface area (Å²) >= 11 is 12.1. The number of hydrogen-bond donors (Lipinski definition) is 2. The molecule has 0 saturated carbocycles. The first kappa shape index (κ1) is 24.0. The number of anilines is 2. The minimum absolute atomic E-state index is 0.0298. The van der Waals surface area contributed by atoms with Crippen molar-refractivity contribution in [1.82, 2.24) is 4.57 Å². The number of nitrogens with one attached hydrogen (secondary N) is 2. The number of amides is 2. The number of halogens is 3. The molecule has 0 saturated heterocycles. The average molecular weight is 507 g/mol. The van der Waals surface area contributed by atoms with Crippen molar-refractivity contribution in [3.63, 3.8) is 0 Å². The van der Waals surface area contributed by atoms with Crippen molar-refractivity contribution in [2.45, 2.75) is 6.54 Å². The molecule has 0 fully saturated rings. The first-order chi connectivity index (χ1) is 16.9. The number of fused-ring (bicyclic) bond motifs is 1. The smallest absolute Gasteiger partial charge is 0.266 e. The topological polar surface area (TPSA) is 86.9 Å². The van der Waals surface area contributed by atoms with E-state index in [1.165, 1.54) is 30.3 Å². The van der Waals surface area contributed by atoms with Crippen LogP contribution < -0.4 is 10.6 Å². The third kappa shape index (κ3) is 5.52. The highest BCUT2D eigenvalue weighted by molar-refractivity contribution is 6.44. The first-order valence-corrected chi connectivity index (χ1v) is 11.1. The van der Waals surface area contributed by atoms with E-state index in [9.17, 15) is 19.2 Å². The van der Waals surface area contributed by atoms with Crippen LogP contribution in [0.4, 0.5) is 15.8 Å². The van der Waals surface area contributed by atoms with E-state index < -0.39 is 11.7 Å². The highest BCUT2D eigenvalue weighted by atomic mass is 35.5. The molecule has 4 aromatic rings. The van der Waals surface area contributed by atoms with E-state index in [1.54, 1.807) is 29.0 Å². The summed E-state index contributed by atoms with van der Waals surface area (Å²) in [6, 6.07) is 19.5. The Kier molecular flexibility index (Phi) is 7.16. The summed E-state index contributed by atoms with van der Waals surface area (Å²) < 4.78 is 14.8. The zero-order valence-corrected chi connectivity index (χ0v) is 19.6. The van der Waals surface area contributed by atoms with Crippen LogP contribution in [-0.2, 0) is 16.1 Å². The number of benzene rings is 3. The molecule has 0 bridgehead atoms. The lowest BCUT2D eigenvalue weighted by molar-refractivity contribution is -0.116. The molecule has 0 radical (unpaired) electrons. The van der Waals surface area contributed by atoms with Gasteiger partial charge in [0, 0.05) is 28.4 Å². The zero-order valence-electron chi connectivity index (χ0n) is 18.1. The van der Waals surface area contributed by atoms with Gasteiger partial charge in [0.05, 0.1) is 15.7 Å². The molecule has 3 aromatic carbocycles. The Morgan fingerprint density at radius 3 is 2.49 bits per heavy atom. The molecule has 0 aliphatic rings. The third-order valence-corrected chi connectivity index (χ3v) is 5.94. The predicted octanol–water partition coefficient (Wildman–Crippen LogP) is 6.27. The van der Waals surface area contributed by atoms with Crippen LogP contribution >= 0.6 is 23.2 Å². The van der Waals surface area contributed by atoms with E-state index in [0.29, 0.717) is 11.3 Å². The van der Waals surface area contributed by atoms with Crippen LogP contribution in [0.2, 0.25) is 10.0 Å². The lowest BCUT2D eigenvalue weighted by atomic mass is 10.1. The number of carbonyl (C=O) groups is 2. The molecular weight excluding hydrogens is 490 g/mol. The minimum atomic E-state index is -0.650. The third-order valence-electron chi connectivity index (χ3n) is 5.13. The quantitative estimate of drug-likeness (QED) is 0.238. The van der Waals surface area contributed by atoms with E-state index in [1.807, 2.05) is 30.3 Å². The van der Waals surface area contributed by atoms with Crippen LogP contribution in [0.3, 0.4) is 0 Å². The van der Waals surface area contributed by atoms with Gasteiger partial charge < -0.3 is 15.2 Å². The lowest BCUT2D eigenvalue weighted by Crippen LogP contribution is -2.18. The largest absolute Gasteiger partial charge is 0.337 e. The van der Waals surface area contributed by atoms with Gasteiger partial charge in [0.2, 0.25) is 5.91 Å². The van der Waals surface area contributed by atoms with Gasteiger partial charge in [-0.05, 0) is 48.5 Å². The molecule has 1 heterocycles. The zero-order chi connectivity index (χ0) is 24.9. The van der Waals surface area contributed by atoms with Gasteiger partial charge in [0.15, 0.2) is 0 Å². The van der Waals surface area contributed by atoms with Crippen molar-refractivity contribution in [2.24, 2.45) is 0 Å². The molecule has 2 N–H and O–H groups in total. The number of nitrogens with zero attached hydrogens (tertiary/aromatic N) is 2. The van der Waals surface area contributed by atoms with Crippen LogP contribution in [0.5, 0.6) is 0 Å². The second-order valence-electron chi connectivity index (χ2n) is 7.51. The molecular formula is C26H17Cl2FN4O2. The summed E-state index contributed by atoms with van der Waals surface area (Å²) in [6.07, 6.45) is 3.14. The molecule has 4 rings (SSSR count). The Bertz CT molecular complexity index is 1500. The summed E-state index contributed by atoms with van der Waals surface area (Å²) in [6.45, 7) is -0.0298. The second kappa shape index (κ2) is 10.4. The Hall–Kier alpha value is -4.12. The van der Waals surface area contributed by atoms with E-state index >= 15 is 0 Å². The molecule has 174 valence electrons. The van der Waals surface area contributed by atoms with Crippen LogP contribution in [0, 0.1) is 17.1 Å². The van der Waals surface area contributed by atoms with E-state index in [-0.39, 0.29) is 33.8 Å². The van der Waals surface area contributed by atoms with Gasteiger partial charge in [-0.1, -0.05) is 47.5 Å². The van der Waals surface area contributed by atoms with E-state index in [0.717, 1.165) is 10.9 Å². The molecule has 9 heteroatoms. The average Bonchev–Trinajstić information content (AvgIpc) is 3.18. The highest BCUT2D eigenvalue weighted by Gasteiger charge is 2.16. The van der Waals surface area contributed by atoms with Gasteiger partial charge in [-0.3, -0.25) is 9.59 Å². The number of hydrogen-bond acceptors (Lipinski definition) is 3. The van der Waals surface area contributed by atoms with E-state index in [2.05, 4.69) is 10.6 Å². The van der Waals surface area contributed by atoms with Crippen LogP contribution in [0.1, 0.15) is 5.56 Å². The Morgan fingerprint density at radius 2 is 1.74 bits per heavy atom. The molecule has 0 atom stereocenters. The van der Waals surface area contributed by atoms with Crippen LogP contribution in [-0.4, -0.2) is 16.4 Å². The van der Waals surface area contributed by atoms with Crippen molar-refractivity contribution in [3.8, 4) is 6.07 Å². The van der Waals surface area contributed by atoms with Crippen molar-refractivity contribution in [2.75, 3.05) is 10.6 Å². The predicted molar refractivity (Wildman–Crippen MR) is 136 cm³/mol. The standard InChI is InChI=1S/C26H17Cl2FN4O2/c27-21-5-3-6-22(25(21)28)32-26(35)16(13-30)12-17-14-33(23-7-2-1-4-20(17)23)15-24(34)31-19-10-8-18(29)9-11-19/h1-12,14H,15H2,(H,31,34)(H,32,35). The van der Waals surface area contributed by atoms with Crippen molar-refractivity contribution in [1.29, 1.82) is 5.26 Å². The van der Waals surface area contributed by atoms with Crippen LogP contribution in [0.15, 0.2) is 78.5 Å². The van der Waals surface area contributed by atoms with Gasteiger partial charge in [-0.2, -0.15) is 5.26 Å². The van der Waals surface area contributed by atoms with Crippen molar-refractivity contribution in [3.05, 3.63) is 99.9 Å². The fraction of sp³-hybridized carbons (Fsp3) is 0.0385. The molecule has 0 spiro atoms. The fourth-order valence-corrected chi connectivity index (χ4v) is 3.85. The number of para-hydroxylation sites is 1. The molecule has 6 nitrogen and oxygen atoms in total.